The first-order valence-corrected chi connectivity index (χ1v) is 7.48. The number of rotatable bonds is 4. The number of ether oxygens (including phenoxy) is 1. The lowest BCUT2D eigenvalue weighted by molar-refractivity contribution is 0.218. The zero-order chi connectivity index (χ0) is 16.5. The van der Waals surface area contributed by atoms with Crippen LogP contribution in [0.25, 0.3) is 11.7 Å². The van der Waals surface area contributed by atoms with Crippen LogP contribution in [0.15, 0.2) is 61.1 Å². The van der Waals surface area contributed by atoms with Crippen molar-refractivity contribution in [1.82, 2.24) is 24.1 Å². The Morgan fingerprint density at radius 1 is 1.08 bits per heavy atom. The molecular formula is C17H14FN5O. The number of fused-ring (bicyclic) bond motifs is 1. The summed E-state index contributed by atoms with van der Waals surface area (Å²) in [5.74, 6) is 1.31. The van der Waals surface area contributed by atoms with Crippen LogP contribution in [0.1, 0.15) is 18.7 Å². The SMILES string of the molecule is CC(Oc1ccc(F)cc1)c1ccnc2nc(-n3cccc3)nn12. The summed E-state index contributed by atoms with van der Waals surface area (Å²) in [6.07, 6.45) is 5.10. The molecule has 0 amide bonds. The summed E-state index contributed by atoms with van der Waals surface area (Å²) in [6.45, 7) is 1.90. The molecule has 0 spiro atoms. The van der Waals surface area contributed by atoms with E-state index < -0.39 is 0 Å². The Bertz CT molecular complexity index is 962. The van der Waals surface area contributed by atoms with E-state index >= 15 is 0 Å². The number of hydrogen-bond donors (Lipinski definition) is 0. The van der Waals surface area contributed by atoms with Crippen molar-refractivity contribution in [3.05, 3.63) is 72.6 Å². The third-order valence-corrected chi connectivity index (χ3v) is 3.64. The van der Waals surface area contributed by atoms with Crippen LogP contribution in [0, 0.1) is 5.82 Å². The maximum atomic E-state index is 13.0. The molecule has 0 fully saturated rings. The van der Waals surface area contributed by atoms with Crippen molar-refractivity contribution in [3.63, 3.8) is 0 Å². The standard InChI is InChI=1S/C17H14FN5O/c1-12(24-14-6-4-13(18)5-7-14)15-8-9-19-16-20-17(21-23(15)16)22-10-2-3-11-22/h2-12H,1H3. The van der Waals surface area contributed by atoms with E-state index in [4.69, 9.17) is 4.74 Å². The summed E-state index contributed by atoms with van der Waals surface area (Å²) in [7, 11) is 0. The number of benzene rings is 1. The smallest absolute Gasteiger partial charge is 0.255 e. The third kappa shape index (κ3) is 2.60. The highest BCUT2D eigenvalue weighted by Crippen LogP contribution is 2.22. The molecule has 0 aliphatic carbocycles. The van der Waals surface area contributed by atoms with Crippen molar-refractivity contribution >= 4 is 5.78 Å². The van der Waals surface area contributed by atoms with E-state index in [2.05, 4.69) is 15.1 Å². The maximum absolute atomic E-state index is 13.0. The van der Waals surface area contributed by atoms with Crippen molar-refractivity contribution in [2.45, 2.75) is 13.0 Å². The molecule has 0 aliphatic rings. The third-order valence-electron chi connectivity index (χ3n) is 3.64. The summed E-state index contributed by atoms with van der Waals surface area (Å²) in [4.78, 5) is 8.66. The molecule has 1 atom stereocenters. The molecule has 24 heavy (non-hydrogen) atoms. The minimum Gasteiger partial charge on any atom is -0.484 e. The van der Waals surface area contributed by atoms with Gasteiger partial charge in [0.2, 0.25) is 0 Å². The Balaban J connectivity index is 1.69. The van der Waals surface area contributed by atoms with Gasteiger partial charge in [0.15, 0.2) is 0 Å². The van der Waals surface area contributed by atoms with Gasteiger partial charge in [0.1, 0.15) is 17.7 Å². The first-order valence-electron chi connectivity index (χ1n) is 7.48. The largest absolute Gasteiger partial charge is 0.484 e. The Morgan fingerprint density at radius 2 is 1.83 bits per heavy atom. The van der Waals surface area contributed by atoms with E-state index in [-0.39, 0.29) is 11.9 Å². The second-order valence-electron chi connectivity index (χ2n) is 5.30. The van der Waals surface area contributed by atoms with Crippen LogP contribution < -0.4 is 4.74 Å². The lowest BCUT2D eigenvalue weighted by Crippen LogP contribution is -2.10. The molecule has 0 N–H and O–H groups in total. The zero-order valence-corrected chi connectivity index (χ0v) is 12.9. The van der Waals surface area contributed by atoms with Crippen LogP contribution in [0.2, 0.25) is 0 Å². The summed E-state index contributed by atoms with van der Waals surface area (Å²) < 4.78 is 22.3. The highest BCUT2D eigenvalue weighted by Gasteiger charge is 2.15. The van der Waals surface area contributed by atoms with Gasteiger partial charge < -0.3 is 4.74 Å². The van der Waals surface area contributed by atoms with Crippen molar-refractivity contribution in [2.24, 2.45) is 0 Å². The highest BCUT2D eigenvalue weighted by molar-refractivity contribution is 5.34. The van der Waals surface area contributed by atoms with Gasteiger partial charge in [0, 0.05) is 18.6 Å². The van der Waals surface area contributed by atoms with Gasteiger partial charge in [-0.15, -0.1) is 5.10 Å². The van der Waals surface area contributed by atoms with Gasteiger partial charge in [0.25, 0.3) is 11.7 Å². The predicted octanol–water partition coefficient (Wildman–Crippen LogP) is 3.19. The van der Waals surface area contributed by atoms with Crippen LogP contribution in [0.3, 0.4) is 0 Å². The quantitative estimate of drug-likeness (QED) is 0.579. The van der Waals surface area contributed by atoms with Gasteiger partial charge in [-0.25, -0.2) is 9.37 Å². The lowest BCUT2D eigenvalue weighted by Gasteiger charge is -2.15. The zero-order valence-electron chi connectivity index (χ0n) is 12.9. The predicted molar refractivity (Wildman–Crippen MR) is 85.6 cm³/mol. The number of hydrogen-bond acceptors (Lipinski definition) is 4. The first kappa shape index (κ1) is 14.4. The Kier molecular flexibility index (Phi) is 3.45. The molecule has 0 saturated carbocycles. The fourth-order valence-corrected chi connectivity index (χ4v) is 2.46. The molecule has 4 rings (SSSR count). The Morgan fingerprint density at radius 3 is 2.58 bits per heavy atom. The number of aromatic nitrogens is 5. The van der Waals surface area contributed by atoms with Crippen molar-refractivity contribution in [2.75, 3.05) is 0 Å². The van der Waals surface area contributed by atoms with Crippen LogP contribution in [0.5, 0.6) is 5.75 Å². The maximum Gasteiger partial charge on any atom is 0.255 e. The van der Waals surface area contributed by atoms with E-state index in [1.54, 1.807) is 22.8 Å². The van der Waals surface area contributed by atoms with Crippen LogP contribution in [0.4, 0.5) is 4.39 Å². The molecule has 0 aliphatic heterocycles. The molecule has 3 heterocycles. The van der Waals surface area contributed by atoms with E-state index in [9.17, 15) is 4.39 Å². The molecule has 7 heteroatoms. The van der Waals surface area contributed by atoms with Gasteiger partial charge in [0.05, 0.1) is 5.69 Å². The molecule has 0 radical (unpaired) electrons. The second-order valence-corrected chi connectivity index (χ2v) is 5.30. The van der Waals surface area contributed by atoms with Crippen LogP contribution in [-0.4, -0.2) is 24.1 Å². The molecule has 1 aromatic carbocycles. The van der Waals surface area contributed by atoms with Gasteiger partial charge in [-0.3, -0.25) is 4.57 Å². The summed E-state index contributed by atoms with van der Waals surface area (Å²) in [5, 5.41) is 4.50. The van der Waals surface area contributed by atoms with Crippen LogP contribution >= 0.6 is 0 Å². The second kappa shape index (κ2) is 5.77. The molecule has 120 valence electrons. The summed E-state index contributed by atoms with van der Waals surface area (Å²) in [6, 6.07) is 11.6. The van der Waals surface area contributed by atoms with E-state index in [1.165, 1.54) is 12.1 Å². The molecule has 6 nitrogen and oxygen atoms in total. The van der Waals surface area contributed by atoms with E-state index in [0.717, 1.165) is 5.69 Å². The molecule has 3 aromatic heterocycles. The highest BCUT2D eigenvalue weighted by atomic mass is 19.1. The van der Waals surface area contributed by atoms with Crippen molar-refractivity contribution < 1.29 is 9.13 Å². The molecule has 4 aromatic rings. The summed E-state index contributed by atoms with van der Waals surface area (Å²) in [5.41, 5.74) is 0.801. The number of halogens is 1. The molecule has 0 bridgehead atoms. The minimum atomic E-state index is -0.305. The fourth-order valence-electron chi connectivity index (χ4n) is 2.46. The lowest BCUT2D eigenvalue weighted by atomic mass is 10.2. The van der Waals surface area contributed by atoms with Gasteiger partial charge in [-0.2, -0.15) is 9.50 Å². The average Bonchev–Trinajstić information content (AvgIpc) is 3.25. The van der Waals surface area contributed by atoms with Gasteiger partial charge in [-0.05, 0) is 49.4 Å². The minimum absolute atomic E-state index is 0.297. The van der Waals surface area contributed by atoms with Gasteiger partial charge in [-0.1, -0.05) is 0 Å². The van der Waals surface area contributed by atoms with Crippen molar-refractivity contribution in [1.29, 1.82) is 0 Å². The topological polar surface area (TPSA) is 57.2 Å². The average molecular weight is 323 g/mol. The summed E-state index contributed by atoms with van der Waals surface area (Å²) >= 11 is 0. The van der Waals surface area contributed by atoms with E-state index in [0.29, 0.717) is 17.5 Å². The molecular weight excluding hydrogens is 309 g/mol. The van der Waals surface area contributed by atoms with Crippen molar-refractivity contribution in [3.8, 4) is 11.7 Å². The number of nitrogens with zero attached hydrogens (tertiary/aromatic N) is 5. The fraction of sp³-hybridized carbons (Fsp3) is 0.118. The van der Waals surface area contributed by atoms with E-state index in [1.807, 2.05) is 42.1 Å². The Hall–Kier alpha value is -3.22. The Labute approximate surface area is 137 Å². The molecule has 0 saturated heterocycles. The molecule has 1 unspecified atom stereocenters. The monoisotopic (exact) mass is 323 g/mol. The first-order chi connectivity index (χ1) is 11.7. The van der Waals surface area contributed by atoms with Crippen LogP contribution in [-0.2, 0) is 0 Å². The van der Waals surface area contributed by atoms with Gasteiger partial charge >= 0.3 is 0 Å². The normalized spacial score (nSPS) is 12.4.